The molecule has 7 heteroatoms. The molecule has 0 bridgehead atoms. The predicted octanol–water partition coefficient (Wildman–Crippen LogP) is 3.71. The van der Waals surface area contributed by atoms with Crippen molar-refractivity contribution in [1.29, 1.82) is 0 Å². The number of aryl methyl sites for hydroxylation is 1. The van der Waals surface area contributed by atoms with Crippen LogP contribution in [0.5, 0.6) is 5.75 Å². The SMILES string of the molecule is CCc1cc2c(SCC(=O)NCCc3ccc(OC)cc3)ncnc2s1. The fourth-order valence-electron chi connectivity index (χ4n) is 2.50. The number of methoxy groups -OCH3 is 1. The number of fused-ring (bicyclic) bond motifs is 1. The van der Waals surface area contributed by atoms with Crippen molar-refractivity contribution >= 4 is 39.2 Å². The molecule has 0 atom stereocenters. The number of rotatable bonds is 8. The molecular weight excluding hydrogens is 366 g/mol. The van der Waals surface area contributed by atoms with Gasteiger partial charge >= 0.3 is 0 Å². The van der Waals surface area contributed by atoms with Crippen LogP contribution >= 0.6 is 23.1 Å². The predicted molar refractivity (Wildman–Crippen MR) is 107 cm³/mol. The van der Waals surface area contributed by atoms with Gasteiger partial charge < -0.3 is 10.1 Å². The van der Waals surface area contributed by atoms with Gasteiger partial charge in [-0.3, -0.25) is 4.79 Å². The molecule has 0 unspecified atom stereocenters. The first-order valence-corrected chi connectivity index (χ1v) is 10.3. The van der Waals surface area contributed by atoms with Crippen molar-refractivity contribution in [2.75, 3.05) is 19.4 Å². The summed E-state index contributed by atoms with van der Waals surface area (Å²) in [5, 5.41) is 4.88. The number of carbonyl (C=O) groups is 1. The van der Waals surface area contributed by atoms with Crippen LogP contribution in [0, 0.1) is 0 Å². The number of amides is 1. The summed E-state index contributed by atoms with van der Waals surface area (Å²) in [7, 11) is 1.65. The Hall–Kier alpha value is -2.12. The van der Waals surface area contributed by atoms with Crippen LogP contribution in [0.15, 0.2) is 41.7 Å². The average molecular weight is 388 g/mol. The molecule has 0 spiro atoms. The molecular formula is C19H21N3O2S2. The van der Waals surface area contributed by atoms with Crippen LogP contribution in [0.3, 0.4) is 0 Å². The van der Waals surface area contributed by atoms with E-state index in [0.29, 0.717) is 12.3 Å². The Morgan fingerprint density at radius 2 is 2.08 bits per heavy atom. The summed E-state index contributed by atoms with van der Waals surface area (Å²) in [5.41, 5.74) is 1.17. The molecule has 26 heavy (non-hydrogen) atoms. The van der Waals surface area contributed by atoms with Crippen LogP contribution < -0.4 is 10.1 Å². The Morgan fingerprint density at radius 1 is 1.27 bits per heavy atom. The van der Waals surface area contributed by atoms with Crippen LogP contribution in [0.25, 0.3) is 10.2 Å². The maximum absolute atomic E-state index is 12.1. The fourth-order valence-corrected chi connectivity index (χ4v) is 4.30. The summed E-state index contributed by atoms with van der Waals surface area (Å²) in [5.74, 6) is 1.21. The normalized spacial score (nSPS) is 10.8. The van der Waals surface area contributed by atoms with Gasteiger partial charge in [-0.25, -0.2) is 9.97 Å². The molecule has 5 nitrogen and oxygen atoms in total. The lowest BCUT2D eigenvalue weighted by atomic mass is 10.1. The smallest absolute Gasteiger partial charge is 0.230 e. The third-order valence-electron chi connectivity index (χ3n) is 3.93. The number of nitrogens with one attached hydrogen (secondary N) is 1. The van der Waals surface area contributed by atoms with Gasteiger partial charge in [0.05, 0.1) is 12.9 Å². The highest BCUT2D eigenvalue weighted by Crippen LogP contribution is 2.30. The summed E-state index contributed by atoms with van der Waals surface area (Å²) >= 11 is 3.15. The van der Waals surface area contributed by atoms with Crippen molar-refractivity contribution in [2.45, 2.75) is 24.8 Å². The highest BCUT2D eigenvalue weighted by atomic mass is 32.2. The summed E-state index contributed by atoms with van der Waals surface area (Å²) in [6, 6.07) is 10.0. The Kier molecular flexibility index (Phi) is 6.46. The monoisotopic (exact) mass is 387 g/mol. The maximum atomic E-state index is 12.1. The molecule has 1 aromatic carbocycles. The Bertz CT molecular complexity index is 878. The van der Waals surface area contributed by atoms with E-state index in [2.05, 4.69) is 28.3 Å². The lowest BCUT2D eigenvalue weighted by molar-refractivity contribution is -0.118. The van der Waals surface area contributed by atoms with Crippen LogP contribution in [0.2, 0.25) is 0 Å². The van der Waals surface area contributed by atoms with Crippen molar-refractivity contribution in [1.82, 2.24) is 15.3 Å². The van der Waals surface area contributed by atoms with Crippen molar-refractivity contribution in [3.8, 4) is 5.75 Å². The standard InChI is InChI=1S/C19H21N3O2S2/c1-3-15-10-16-18(21-12-22-19(16)26-15)25-11-17(23)20-9-8-13-4-6-14(24-2)7-5-13/h4-7,10,12H,3,8-9,11H2,1-2H3,(H,20,23). The lowest BCUT2D eigenvalue weighted by Gasteiger charge is -2.06. The molecule has 3 rings (SSSR count). The third-order valence-corrected chi connectivity index (χ3v) is 6.12. The number of hydrogen-bond donors (Lipinski definition) is 1. The molecule has 0 radical (unpaired) electrons. The molecule has 0 aliphatic heterocycles. The van der Waals surface area contributed by atoms with Gasteiger partial charge in [-0.05, 0) is 36.6 Å². The van der Waals surface area contributed by atoms with Crippen molar-refractivity contribution in [2.24, 2.45) is 0 Å². The lowest BCUT2D eigenvalue weighted by Crippen LogP contribution is -2.27. The van der Waals surface area contributed by atoms with E-state index in [1.807, 2.05) is 24.3 Å². The number of benzene rings is 1. The van der Waals surface area contributed by atoms with E-state index < -0.39 is 0 Å². The molecule has 1 N–H and O–H groups in total. The van der Waals surface area contributed by atoms with Gasteiger partial charge in [-0.1, -0.05) is 30.8 Å². The number of aromatic nitrogens is 2. The second kappa shape index (κ2) is 9.00. The van der Waals surface area contributed by atoms with Crippen LogP contribution in [0.4, 0.5) is 0 Å². The number of carbonyl (C=O) groups excluding carboxylic acids is 1. The summed E-state index contributed by atoms with van der Waals surface area (Å²) in [6.45, 7) is 2.74. The van der Waals surface area contributed by atoms with Gasteiger partial charge in [-0.2, -0.15) is 0 Å². The number of hydrogen-bond acceptors (Lipinski definition) is 6. The minimum absolute atomic E-state index is 0.0150. The van der Waals surface area contributed by atoms with Crippen molar-refractivity contribution < 1.29 is 9.53 Å². The first-order chi connectivity index (χ1) is 12.7. The van der Waals surface area contributed by atoms with E-state index in [1.165, 1.54) is 22.2 Å². The highest BCUT2D eigenvalue weighted by molar-refractivity contribution is 8.00. The number of ether oxygens (including phenoxy) is 1. The number of nitrogens with zero attached hydrogens (tertiary/aromatic N) is 2. The quantitative estimate of drug-likeness (QED) is 0.471. The molecule has 0 saturated carbocycles. The summed E-state index contributed by atoms with van der Waals surface area (Å²) < 4.78 is 5.14. The van der Waals surface area contributed by atoms with E-state index in [-0.39, 0.29) is 5.91 Å². The highest BCUT2D eigenvalue weighted by Gasteiger charge is 2.10. The van der Waals surface area contributed by atoms with Crippen molar-refractivity contribution in [3.05, 3.63) is 47.1 Å². The topological polar surface area (TPSA) is 64.1 Å². The van der Waals surface area contributed by atoms with Gasteiger partial charge in [0.25, 0.3) is 0 Å². The first-order valence-electron chi connectivity index (χ1n) is 8.45. The van der Waals surface area contributed by atoms with Gasteiger partial charge in [0, 0.05) is 16.8 Å². The molecule has 136 valence electrons. The Morgan fingerprint density at radius 3 is 2.81 bits per heavy atom. The number of thioether (sulfide) groups is 1. The molecule has 0 aliphatic carbocycles. The molecule has 0 aliphatic rings. The van der Waals surface area contributed by atoms with E-state index in [0.717, 1.165) is 33.8 Å². The summed E-state index contributed by atoms with van der Waals surface area (Å²) in [6.07, 6.45) is 3.35. The molecule has 2 aromatic heterocycles. The first kappa shape index (κ1) is 18.7. The minimum atomic E-state index is 0.0150. The summed E-state index contributed by atoms with van der Waals surface area (Å²) in [4.78, 5) is 23.0. The molecule has 2 heterocycles. The number of thiophene rings is 1. The second-order valence-corrected chi connectivity index (χ2v) is 7.78. The Labute approximate surface area is 161 Å². The van der Waals surface area contributed by atoms with Gasteiger partial charge in [0.1, 0.15) is 21.9 Å². The third kappa shape index (κ3) is 4.74. The molecule has 1 amide bonds. The molecule has 3 aromatic rings. The van der Waals surface area contributed by atoms with Gasteiger partial charge in [-0.15, -0.1) is 11.3 Å². The zero-order valence-corrected chi connectivity index (χ0v) is 16.5. The van der Waals surface area contributed by atoms with Crippen LogP contribution in [-0.4, -0.2) is 35.3 Å². The maximum Gasteiger partial charge on any atom is 0.230 e. The minimum Gasteiger partial charge on any atom is -0.497 e. The zero-order valence-electron chi connectivity index (χ0n) is 14.8. The van der Waals surface area contributed by atoms with Gasteiger partial charge in [0.15, 0.2) is 0 Å². The van der Waals surface area contributed by atoms with E-state index in [4.69, 9.17) is 4.74 Å². The van der Waals surface area contributed by atoms with Crippen molar-refractivity contribution in [3.63, 3.8) is 0 Å². The largest absolute Gasteiger partial charge is 0.497 e. The van der Waals surface area contributed by atoms with E-state index in [1.54, 1.807) is 24.8 Å². The average Bonchev–Trinajstić information content (AvgIpc) is 3.11. The zero-order chi connectivity index (χ0) is 18.4. The Balaban J connectivity index is 1.48. The van der Waals surface area contributed by atoms with E-state index >= 15 is 0 Å². The van der Waals surface area contributed by atoms with Gasteiger partial charge in [0.2, 0.25) is 5.91 Å². The molecule has 0 fully saturated rings. The van der Waals surface area contributed by atoms with Crippen LogP contribution in [-0.2, 0) is 17.6 Å². The molecule has 0 saturated heterocycles. The van der Waals surface area contributed by atoms with Crippen LogP contribution in [0.1, 0.15) is 17.4 Å². The fraction of sp³-hybridized carbons (Fsp3) is 0.316. The van der Waals surface area contributed by atoms with E-state index in [9.17, 15) is 4.79 Å². The second-order valence-electron chi connectivity index (χ2n) is 5.70.